The lowest BCUT2D eigenvalue weighted by Gasteiger charge is -2.24. The Morgan fingerprint density at radius 1 is 1.48 bits per heavy atom. The van der Waals surface area contributed by atoms with Gasteiger partial charge < -0.3 is 19.7 Å². The third-order valence-electron chi connectivity index (χ3n) is 4.47. The maximum atomic E-state index is 12.9. The van der Waals surface area contributed by atoms with Crippen LogP contribution in [0.3, 0.4) is 0 Å². The molecule has 1 unspecified atom stereocenters. The van der Waals surface area contributed by atoms with Gasteiger partial charge in [0.15, 0.2) is 11.5 Å². The monoisotopic (exact) mass is 392 g/mol. The molecule has 1 N–H and O–H groups in total. The third kappa shape index (κ3) is 4.17. The molecule has 144 valence electrons. The van der Waals surface area contributed by atoms with E-state index in [1.807, 2.05) is 5.38 Å². The van der Waals surface area contributed by atoms with Crippen LogP contribution in [-0.4, -0.2) is 54.0 Å². The van der Waals surface area contributed by atoms with Crippen molar-refractivity contribution in [1.29, 1.82) is 0 Å². The topological polar surface area (TPSA) is 107 Å². The molecule has 0 spiro atoms. The van der Waals surface area contributed by atoms with E-state index in [0.29, 0.717) is 12.2 Å². The summed E-state index contributed by atoms with van der Waals surface area (Å²) in [6, 6.07) is 2.61. The normalized spacial score (nSPS) is 16.1. The van der Waals surface area contributed by atoms with Crippen LogP contribution in [0.1, 0.15) is 22.5 Å². The number of ether oxygens (including phenoxy) is 2. The van der Waals surface area contributed by atoms with E-state index >= 15 is 0 Å². The number of hydrogen-bond acceptors (Lipinski definition) is 8. The Morgan fingerprint density at radius 3 is 2.89 bits per heavy atom. The zero-order valence-electron chi connectivity index (χ0n) is 15.0. The number of aromatic nitrogens is 1. The van der Waals surface area contributed by atoms with Crippen molar-refractivity contribution < 1.29 is 19.2 Å². The summed E-state index contributed by atoms with van der Waals surface area (Å²) in [4.78, 5) is 29.5. The zero-order chi connectivity index (χ0) is 19.4. The second-order valence-electron chi connectivity index (χ2n) is 6.11. The van der Waals surface area contributed by atoms with Crippen LogP contribution >= 0.6 is 11.3 Å². The van der Waals surface area contributed by atoms with Crippen molar-refractivity contribution in [3.63, 3.8) is 0 Å². The first-order valence-electron chi connectivity index (χ1n) is 8.35. The van der Waals surface area contributed by atoms with Gasteiger partial charge in [0.25, 0.3) is 11.6 Å². The lowest BCUT2D eigenvalue weighted by molar-refractivity contribution is -0.385. The Hall–Kier alpha value is -2.72. The molecule has 0 bridgehead atoms. The van der Waals surface area contributed by atoms with Crippen LogP contribution in [0.25, 0.3) is 0 Å². The van der Waals surface area contributed by atoms with Crippen molar-refractivity contribution in [3.05, 3.63) is 44.4 Å². The largest absolute Gasteiger partial charge is 0.493 e. The fourth-order valence-corrected chi connectivity index (χ4v) is 3.47. The summed E-state index contributed by atoms with van der Waals surface area (Å²) in [6.45, 7) is 1.64. The second-order valence-corrected chi connectivity index (χ2v) is 6.83. The smallest absolute Gasteiger partial charge is 0.286 e. The van der Waals surface area contributed by atoms with E-state index in [1.165, 1.54) is 35.5 Å². The number of nitro groups is 1. The minimum Gasteiger partial charge on any atom is -0.493 e. The van der Waals surface area contributed by atoms with Gasteiger partial charge in [-0.3, -0.25) is 14.9 Å². The van der Waals surface area contributed by atoms with Crippen LogP contribution in [0.5, 0.6) is 11.5 Å². The first-order chi connectivity index (χ1) is 13.0. The van der Waals surface area contributed by atoms with Crippen molar-refractivity contribution in [2.45, 2.75) is 19.1 Å². The number of carbonyl (C=O) groups is 1. The van der Waals surface area contributed by atoms with Crippen LogP contribution in [0.15, 0.2) is 23.0 Å². The maximum absolute atomic E-state index is 12.9. The zero-order valence-corrected chi connectivity index (χ0v) is 15.8. The molecule has 10 heteroatoms. The summed E-state index contributed by atoms with van der Waals surface area (Å²) in [6.07, 6.45) is 0.808. The number of likely N-dealkylation sites (N-methyl/N-ethyl adjacent to an activating group) is 1. The SMILES string of the molecule is COc1cc(C(=O)N(C)C2CCNC2)c([N+](=O)[O-])cc1OCc1cscn1. The Balaban J connectivity index is 1.90. The molecule has 27 heavy (non-hydrogen) atoms. The molecular formula is C17H20N4O5S. The summed E-state index contributed by atoms with van der Waals surface area (Å²) in [7, 11) is 3.08. The van der Waals surface area contributed by atoms with Gasteiger partial charge in [0.1, 0.15) is 12.2 Å². The molecule has 1 fully saturated rings. The van der Waals surface area contributed by atoms with Crippen LogP contribution in [0, 0.1) is 10.1 Å². The summed E-state index contributed by atoms with van der Waals surface area (Å²) >= 11 is 1.43. The van der Waals surface area contributed by atoms with Gasteiger partial charge in [-0.2, -0.15) is 0 Å². The van der Waals surface area contributed by atoms with Crippen LogP contribution in [0.2, 0.25) is 0 Å². The predicted octanol–water partition coefficient (Wildman–Crippen LogP) is 2.07. The standard InChI is InChI=1S/C17H20N4O5S/c1-20(12-3-4-18-7-12)17(22)13-5-15(25-2)16(6-14(13)21(23)24)26-8-11-9-27-10-19-11/h5-6,9-10,12,18H,3-4,7-8H2,1-2H3. The molecule has 1 aromatic heterocycles. The average Bonchev–Trinajstić information content (AvgIpc) is 3.38. The van der Waals surface area contributed by atoms with Gasteiger partial charge in [-0.25, -0.2) is 4.98 Å². The fraction of sp³-hybridized carbons (Fsp3) is 0.412. The summed E-state index contributed by atoms with van der Waals surface area (Å²) in [5, 5.41) is 16.6. The number of amides is 1. The highest BCUT2D eigenvalue weighted by Crippen LogP contribution is 2.36. The predicted molar refractivity (Wildman–Crippen MR) is 99.5 cm³/mol. The van der Waals surface area contributed by atoms with Gasteiger partial charge in [0.2, 0.25) is 0 Å². The summed E-state index contributed by atoms with van der Waals surface area (Å²) in [5.74, 6) is 0.0378. The molecule has 0 radical (unpaired) electrons. The lowest BCUT2D eigenvalue weighted by atomic mass is 10.1. The number of benzene rings is 1. The number of thiazole rings is 1. The Labute approximate surface area is 160 Å². The molecule has 1 atom stereocenters. The molecule has 2 heterocycles. The van der Waals surface area contributed by atoms with Crippen LogP contribution in [0.4, 0.5) is 5.69 Å². The average molecular weight is 392 g/mol. The van der Waals surface area contributed by atoms with Crippen molar-refractivity contribution in [2.75, 3.05) is 27.2 Å². The minimum atomic E-state index is -0.580. The molecule has 2 aromatic rings. The lowest BCUT2D eigenvalue weighted by Crippen LogP contribution is -2.38. The van der Waals surface area contributed by atoms with Crippen molar-refractivity contribution in [2.24, 2.45) is 0 Å². The first-order valence-corrected chi connectivity index (χ1v) is 9.29. The highest BCUT2D eigenvalue weighted by molar-refractivity contribution is 7.07. The Kier molecular flexibility index (Phi) is 5.87. The molecule has 3 rings (SSSR count). The Morgan fingerprint density at radius 2 is 2.30 bits per heavy atom. The van der Waals surface area contributed by atoms with Crippen LogP contribution in [-0.2, 0) is 6.61 Å². The van der Waals surface area contributed by atoms with Crippen molar-refractivity contribution in [1.82, 2.24) is 15.2 Å². The number of methoxy groups -OCH3 is 1. The van der Waals surface area contributed by atoms with Gasteiger partial charge in [-0.15, -0.1) is 11.3 Å². The highest BCUT2D eigenvalue weighted by atomic mass is 32.1. The highest BCUT2D eigenvalue weighted by Gasteiger charge is 2.30. The van der Waals surface area contributed by atoms with Gasteiger partial charge in [0.05, 0.1) is 29.3 Å². The summed E-state index contributed by atoms with van der Waals surface area (Å²) < 4.78 is 10.9. The van der Waals surface area contributed by atoms with Crippen LogP contribution < -0.4 is 14.8 Å². The number of rotatable bonds is 7. The van der Waals surface area contributed by atoms with Gasteiger partial charge in [0, 0.05) is 31.1 Å². The molecule has 1 amide bonds. The number of hydrogen-bond donors (Lipinski definition) is 1. The molecule has 0 saturated carbocycles. The van der Waals surface area contributed by atoms with E-state index in [2.05, 4.69) is 10.3 Å². The van der Waals surface area contributed by atoms with E-state index < -0.39 is 10.8 Å². The van der Waals surface area contributed by atoms with E-state index in [1.54, 1.807) is 12.6 Å². The number of nitrogens with zero attached hydrogens (tertiary/aromatic N) is 3. The number of carbonyl (C=O) groups excluding carboxylic acids is 1. The van der Waals surface area contributed by atoms with E-state index in [-0.39, 0.29) is 35.4 Å². The fourth-order valence-electron chi connectivity index (χ4n) is 2.93. The molecule has 1 aromatic carbocycles. The van der Waals surface area contributed by atoms with E-state index in [0.717, 1.165) is 13.0 Å². The minimum absolute atomic E-state index is 0.00342. The molecular weight excluding hydrogens is 372 g/mol. The molecule has 9 nitrogen and oxygen atoms in total. The third-order valence-corrected chi connectivity index (χ3v) is 5.11. The molecule has 1 aliphatic rings. The number of nitrogens with one attached hydrogen (secondary N) is 1. The summed E-state index contributed by atoms with van der Waals surface area (Å²) in [5.41, 5.74) is 2.05. The van der Waals surface area contributed by atoms with Gasteiger partial charge >= 0.3 is 0 Å². The number of nitro benzene ring substituents is 1. The van der Waals surface area contributed by atoms with Gasteiger partial charge in [-0.1, -0.05) is 0 Å². The maximum Gasteiger partial charge on any atom is 0.286 e. The quantitative estimate of drug-likeness (QED) is 0.568. The molecule has 1 saturated heterocycles. The second kappa shape index (κ2) is 8.31. The van der Waals surface area contributed by atoms with E-state index in [9.17, 15) is 14.9 Å². The molecule has 1 aliphatic heterocycles. The van der Waals surface area contributed by atoms with Crippen molar-refractivity contribution >= 4 is 22.9 Å². The van der Waals surface area contributed by atoms with Gasteiger partial charge in [-0.05, 0) is 13.0 Å². The van der Waals surface area contributed by atoms with E-state index in [4.69, 9.17) is 9.47 Å². The first kappa shape index (κ1) is 19.1. The molecule has 0 aliphatic carbocycles. The Bertz CT molecular complexity index is 821. The van der Waals surface area contributed by atoms with Crippen molar-refractivity contribution in [3.8, 4) is 11.5 Å².